The summed E-state index contributed by atoms with van der Waals surface area (Å²) in [7, 11) is 0. The Bertz CT molecular complexity index is 1000. The van der Waals surface area contributed by atoms with E-state index in [0.29, 0.717) is 11.6 Å². The summed E-state index contributed by atoms with van der Waals surface area (Å²) in [6, 6.07) is 14.0. The lowest BCUT2D eigenvalue weighted by Crippen LogP contribution is -2.25. The van der Waals surface area contributed by atoms with Crippen molar-refractivity contribution in [3.05, 3.63) is 94.3 Å². The molecule has 1 aromatic carbocycles. The average molecular weight is 391 g/mol. The third-order valence-electron chi connectivity index (χ3n) is 6.07. The molecular formula is C26H31FN2. The summed E-state index contributed by atoms with van der Waals surface area (Å²) in [6.07, 6.45) is 3.67. The Labute approximate surface area is 174 Å². The molecule has 0 atom stereocenters. The van der Waals surface area contributed by atoms with Gasteiger partial charge in [-0.3, -0.25) is 9.97 Å². The highest BCUT2D eigenvalue weighted by Crippen LogP contribution is 2.36. The number of nitrogens with zero attached hydrogens (tertiary/aromatic N) is 2. The molecule has 0 unspecified atom stereocenters. The minimum absolute atomic E-state index is 0.276. The molecule has 0 fully saturated rings. The van der Waals surface area contributed by atoms with Gasteiger partial charge in [0.15, 0.2) is 0 Å². The number of pyridine rings is 2. The highest BCUT2D eigenvalue weighted by Gasteiger charge is 2.31. The van der Waals surface area contributed by atoms with Gasteiger partial charge in [-0.25, -0.2) is 4.39 Å². The normalized spacial score (nSPS) is 12.4. The Kier molecular flexibility index (Phi) is 5.62. The second-order valence-electron chi connectivity index (χ2n) is 9.25. The summed E-state index contributed by atoms with van der Waals surface area (Å²) in [6.45, 7) is 14.5. The van der Waals surface area contributed by atoms with Gasteiger partial charge >= 0.3 is 0 Å². The second-order valence-corrected chi connectivity index (χ2v) is 9.25. The highest BCUT2D eigenvalue weighted by atomic mass is 19.1. The van der Waals surface area contributed by atoms with Crippen LogP contribution in [-0.2, 0) is 10.8 Å². The van der Waals surface area contributed by atoms with Crippen molar-refractivity contribution in [3.63, 3.8) is 0 Å². The van der Waals surface area contributed by atoms with E-state index in [4.69, 9.17) is 0 Å². The number of hydrogen-bond acceptors (Lipinski definition) is 2. The van der Waals surface area contributed by atoms with Crippen molar-refractivity contribution in [3.8, 4) is 0 Å². The maximum Gasteiger partial charge on any atom is 0.145 e. The molecule has 0 aliphatic carbocycles. The molecule has 0 amide bonds. The molecule has 3 rings (SSSR count). The van der Waals surface area contributed by atoms with Crippen LogP contribution in [0.4, 0.5) is 4.39 Å². The molecule has 0 saturated carbocycles. The van der Waals surface area contributed by atoms with E-state index in [0.717, 1.165) is 16.8 Å². The van der Waals surface area contributed by atoms with E-state index in [-0.39, 0.29) is 11.2 Å². The van der Waals surface area contributed by atoms with E-state index in [9.17, 15) is 0 Å². The first-order chi connectivity index (χ1) is 13.5. The predicted octanol–water partition coefficient (Wildman–Crippen LogP) is 6.70. The lowest BCUT2D eigenvalue weighted by atomic mass is 9.76. The van der Waals surface area contributed by atoms with Gasteiger partial charge in [0.2, 0.25) is 0 Å². The zero-order valence-electron chi connectivity index (χ0n) is 18.5. The molecule has 0 spiro atoms. The summed E-state index contributed by atoms with van der Waals surface area (Å²) in [5.41, 5.74) is 4.78. The number of aryl methyl sites for hydroxylation is 1. The highest BCUT2D eigenvalue weighted by molar-refractivity contribution is 5.43. The molecular weight excluding hydrogens is 359 g/mol. The van der Waals surface area contributed by atoms with Gasteiger partial charge in [0.05, 0.1) is 5.69 Å². The largest absolute Gasteiger partial charge is 0.261 e. The van der Waals surface area contributed by atoms with Crippen molar-refractivity contribution >= 4 is 0 Å². The van der Waals surface area contributed by atoms with Gasteiger partial charge in [0, 0.05) is 28.9 Å². The molecule has 0 aliphatic rings. The van der Waals surface area contributed by atoms with E-state index >= 15 is 4.39 Å². The van der Waals surface area contributed by atoms with E-state index in [2.05, 4.69) is 56.7 Å². The maximum absolute atomic E-state index is 15.3. The van der Waals surface area contributed by atoms with E-state index in [1.165, 1.54) is 11.1 Å². The van der Waals surface area contributed by atoms with Crippen LogP contribution in [0.1, 0.15) is 81.1 Å². The Morgan fingerprint density at radius 2 is 1.48 bits per heavy atom. The number of hydrogen-bond donors (Lipinski definition) is 0. The molecule has 29 heavy (non-hydrogen) atoms. The topological polar surface area (TPSA) is 25.8 Å². The number of aromatic nitrogens is 2. The molecule has 0 bridgehead atoms. The molecule has 2 heterocycles. The van der Waals surface area contributed by atoms with Gasteiger partial charge in [0.1, 0.15) is 5.82 Å². The Hall–Kier alpha value is -2.55. The minimum Gasteiger partial charge on any atom is -0.261 e. The van der Waals surface area contributed by atoms with Gasteiger partial charge < -0.3 is 0 Å². The number of halogens is 1. The molecule has 0 aliphatic heterocycles. The monoisotopic (exact) mass is 390 g/mol. The van der Waals surface area contributed by atoms with Crippen LogP contribution < -0.4 is 0 Å². The van der Waals surface area contributed by atoms with Crippen LogP contribution in [0.2, 0.25) is 0 Å². The van der Waals surface area contributed by atoms with Gasteiger partial charge in [-0.05, 0) is 61.1 Å². The smallest absolute Gasteiger partial charge is 0.145 e. The summed E-state index contributed by atoms with van der Waals surface area (Å²) >= 11 is 0. The Balaban J connectivity index is 1.99. The van der Waals surface area contributed by atoms with Crippen molar-refractivity contribution < 1.29 is 4.39 Å². The summed E-state index contributed by atoms with van der Waals surface area (Å²) in [5.74, 6) is 0.0899. The summed E-state index contributed by atoms with van der Waals surface area (Å²) in [5, 5.41) is 0. The molecule has 3 aromatic rings. The SMILES string of the molecule is Cc1ccccc1C(C)(C)c1cnc(C(C)(C)c2ccc(C(C)C)nc2)c(F)c1. The third kappa shape index (κ3) is 3.96. The van der Waals surface area contributed by atoms with Gasteiger partial charge in [-0.15, -0.1) is 0 Å². The molecule has 2 nitrogen and oxygen atoms in total. The molecule has 0 radical (unpaired) electrons. The lowest BCUT2D eigenvalue weighted by molar-refractivity contribution is 0.517. The van der Waals surface area contributed by atoms with Crippen LogP contribution in [0.15, 0.2) is 54.9 Å². The first-order valence-electron chi connectivity index (χ1n) is 10.2. The zero-order valence-corrected chi connectivity index (χ0v) is 18.5. The van der Waals surface area contributed by atoms with Crippen LogP contribution in [0.25, 0.3) is 0 Å². The molecule has 152 valence electrons. The summed E-state index contributed by atoms with van der Waals surface area (Å²) < 4.78 is 15.3. The third-order valence-corrected chi connectivity index (χ3v) is 6.07. The fourth-order valence-electron chi connectivity index (χ4n) is 3.92. The van der Waals surface area contributed by atoms with E-state index < -0.39 is 5.41 Å². The van der Waals surface area contributed by atoms with E-state index in [1.54, 1.807) is 6.07 Å². The fourth-order valence-corrected chi connectivity index (χ4v) is 3.92. The van der Waals surface area contributed by atoms with Crippen molar-refractivity contribution in [1.29, 1.82) is 0 Å². The molecule has 3 heteroatoms. The van der Waals surface area contributed by atoms with E-state index in [1.807, 2.05) is 50.5 Å². The molecule has 2 aromatic heterocycles. The predicted molar refractivity (Wildman–Crippen MR) is 118 cm³/mol. The van der Waals surface area contributed by atoms with Gasteiger partial charge in [-0.1, -0.05) is 58.0 Å². The van der Waals surface area contributed by atoms with Crippen LogP contribution in [0.5, 0.6) is 0 Å². The first kappa shape index (κ1) is 21.2. The molecule has 0 saturated heterocycles. The summed E-state index contributed by atoms with van der Waals surface area (Å²) in [4.78, 5) is 9.16. The zero-order chi connectivity index (χ0) is 21.4. The quantitative estimate of drug-likeness (QED) is 0.484. The minimum atomic E-state index is -0.571. The van der Waals surface area contributed by atoms with Crippen molar-refractivity contribution in [2.24, 2.45) is 0 Å². The fraction of sp³-hybridized carbons (Fsp3) is 0.385. The van der Waals surface area contributed by atoms with Crippen LogP contribution >= 0.6 is 0 Å². The second kappa shape index (κ2) is 7.70. The number of rotatable bonds is 5. The van der Waals surface area contributed by atoms with Crippen LogP contribution in [0.3, 0.4) is 0 Å². The maximum atomic E-state index is 15.3. The Morgan fingerprint density at radius 1 is 0.828 bits per heavy atom. The lowest BCUT2D eigenvalue weighted by Gasteiger charge is -2.30. The Morgan fingerprint density at radius 3 is 2.03 bits per heavy atom. The number of benzene rings is 1. The van der Waals surface area contributed by atoms with Crippen molar-refractivity contribution in [2.45, 2.75) is 65.2 Å². The van der Waals surface area contributed by atoms with Crippen LogP contribution in [-0.4, -0.2) is 9.97 Å². The average Bonchev–Trinajstić information content (AvgIpc) is 2.68. The van der Waals surface area contributed by atoms with Crippen molar-refractivity contribution in [2.75, 3.05) is 0 Å². The van der Waals surface area contributed by atoms with Crippen LogP contribution in [0, 0.1) is 12.7 Å². The van der Waals surface area contributed by atoms with Gasteiger partial charge in [0.25, 0.3) is 0 Å². The standard InChI is InChI=1S/C26H31FN2/c1-17(2)23-13-12-19(15-28-23)26(6,7)24-22(27)14-20(16-29-24)25(4,5)21-11-9-8-10-18(21)3/h8-17H,1-7H3. The molecule has 0 N–H and O–H groups in total. The van der Waals surface area contributed by atoms with Gasteiger partial charge in [-0.2, -0.15) is 0 Å². The van der Waals surface area contributed by atoms with Crippen molar-refractivity contribution in [1.82, 2.24) is 9.97 Å². The first-order valence-corrected chi connectivity index (χ1v) is 10.2.